The number of carboxylic acid groups (broad SMARTS) is 1. The van der Waals surface area contributed by atoms with E-state index in [1.807, 2.05) is 0 Å². The van der Waals surface area contributed by atoms with Crippen LogP contribution in [0.15, 0.2) is 33.6 Å². The Hall–Kier alpha value is -2.50. The number of hydrogen-bond donors (Lipinski definition) is 2. The fourth-order valence-corrected chi connectivity index (χ4v) is 1.30. The summed E-state index contributed by atoms with van der Waals surface area (Å²) >= 11 is 0. The van der Waals surface area contributed by atoms with Crippen LogP contribution in [0.4, 0.5) is 0 Å². The summed E-state index contributed by atoms with van der Waals surface area (Å²) in [4.78, 5) is 22.0. The Morgan fingerprint density at radius 3 is 2.82 bits per heavy atom. The number of carbonyl (C=O) groups is 1. The predicted octanol–water partition coefficient (Wildman–Crippen LogP) is 1.77. The van der Waals surface area contributed by atoms with E-state index in [9.17, 15) is 9.59 Å². The van der Waals surface area contributed by atoms with E-state index in [1.165, 1.54) is 18.2 Å². The van der Waals surface area contributed by atoms with Crippen LogP contribution in [0, 0.1) is 6.92 Å². The molecule has 2 rings (SSSR count). The van der Waals surface area contributed by atoms with Crippen LogP contribution in [0.2, 0.25) is 0 Å². The smallest absolute Gasteiger partial charge is 0.335 e. The van der Waals surface area contributed by atoms with Crippen LogP contribution in [-0.4, -0.2) is 16.2 Å². The van der Waals surface area contributed by atoms with Gasteiger partial charge in [-0.25, -0.2) is 4.79 Å². The highest BCUT2D eigenvalue weighted by atomic mass is 16.5. The number of benzene rings is 1. The zero-order chi connectivity index (χ0) is 12.4. The maximum Gasteiger partial charge on any atom is 0.335 e. The normalized spacial score (nSPS) is 10.2. The molecule has 0 spiro atoms. The van der Waals surface area contributed by atoms with E-state index in [0.29, 0.717) is 5.76 Å². The second-order valence-electron chi connectivity index (χ2n) is 3.35. The number of carboxylic acids is 1. The van der Waals surface area contributed by atoms with Crippen LogP contribution >= 0.6 is 0 Å². The number of aryl methyl sites for hydroxylation is 1. The van der Waals surface area contributed by atoms with Crippen molar-refractivity contribution in [1.82, 2.24) is 5.16 Å². The number of rotatable bonds is 3. The minimum absolute atomic E-state index is 0.0209. The number of aromatic carboxylic acids is 1. The molecular formula is C11H9NO5. The standard InChI is InChI=1S/C11H9NO5/c1-6-9(10(13)12-17-6)16-8-4-2-3-7(5-8)11(14)15/h2-5H,1H3,(H,12,13)(H,14,15). The SMILES string of the molecule is Cc1o[nH]c(=O)c1Oc1cccc(C(=O)O)c1. The summed E-state index contributed by atoms with van der Waals surface area (Å²) < 4.78 is 10.0. The third kappa shape index (κ3) is 2.20. The van der Waals surface area contributed by atoms with Gasteiger partial charge in [0.1, 0.15) is 5.75 Å². The third-order valence-electron chi connectivity index (χ3n) is 2.12. The van der Waals surface area contributed by atoms with Crippen molar-refractivity contribution in [2.24, 2.45) is 0 Å². The quantitative estimate of drug-likeness (QED) is 0.845. The molecule has 1 aromatic heterocycles. The lowest BCUT2D eigenvalue weighted by Crippen LogP contribution is -2.02. The van der Waals surface area contributed by atoms with Gasteiger partial charge in [-0.2, -0.15) is 5.16 Å². The van der Waals surface area contributed by atoms with Crippen LogP contribution in [0.3, 0.4) is 0 Å². The number of aromatic nitrogens is 1. The van der Waals surface area contributed by atoms with Crippen molar-refractivity contribution in [1.29, 1.82) is 0 Å². The first-order valence-corrected chi connectivity index (χ1v) is 4.77. The van der Waals surface area contributed by atoms with Crippen molar-refractivity contribution in [3.63, 3.8) is 0 Å². The van der Waals surface area contributed by atoms with Crippen molar-refractivity contribution >= 4 is 5.97 Å². The van der Waals surface area contributed by atoms with Crippen molar-refractivity contribution in [3.05, 3.63) is 45.9 Å². The highest BCUT2D eigenvalue weighted by Gasteiger charge is 2.12. The number of nitrogens with one attached hydrogen (secondary N) is 1. The molecule has 0 aliphatic carbocycles. The molecule has 88 valence electrons. The Bertz CT molecular complexity index is 610. The molecule has 0 saturated heterocycles. The van der Waals surface area contributed by atoms with Gasteiger partial charge in [0.15, 0.2) is 5.76 Å². The molecule has 1 aromatic carbocycles. The van der Waals surface area contributed by atoms with E-state index in [-0.39, 0.29) is 17.1 Å². The Labute approximate surface area is 95.4 Å². The Kier molecular flexibility index (Phi) is 2.70. The molecule has 0 aliphatic rings. The number of H-pyrrole nitrogens is 1. The molecule has 6 heteroatoms. The molecule has 0 saturated carbocycles. The maximum absolute atomic E-state index is 11.3. The van der Waals surface area contributed by atoms with Crippen LogP contribution in [-0.2, 0) is 0 Å². The maximum atomic E-state index is 11.3. The lowest BCUT2D eigenvalue weighted by atomic mass is 10.2. The monoisotopic (exact) mass is 235 g/mol. The third-order valence-corrected chi connectivity index (χ3v) is 2.12. The van der Waals surface area contributed by atoms with Gasteiger partial charge in [-0.05, 0) is 18.2 Å². The molecule has 17 heavy (non-hydrogen) atoms. The fourth-order valence-electron chi connectivity index (χ4n) is 1.30. The molecule has 2 aromatic rings. The van der Waals surface area contributed by atoms with Gasteiger partial charge in [0, 0.05) is 6.92 Å². The van der Waals surface area contributed by atoms with Gasteiger partial charge in [0.2, 0.25) is 5.75 Å². The molecule has 0 radical (unpaired) electrons. The van der Waals surface area contributed by atoms with E-state index >= 15 is 0 Å². The average molecular weight is 235 g/mol. The van der Waals surface area contributed by atoms with Crippen LogP contribution in [0.1, 0.15) is 16.1 Å². The zero-order valence-corrected chi connectivity index (χ0v) is 8.89. The molecular weight excluding hydrogens is 226 g/mol. The second kappa shape index (κ2) is 4.17. The van der Waals surface area contributed by atoms with E-state index in [2.05, 4.69) is 5.16 Å². The second-order valence-corrected chi connectivity index (χ2v) is 3.35. The summed E-state index contributed by atoms with van der Waals surface area (Å²) in [6.45, 7) is 1.56. The van der Waals surface area contributed by atoms with Gasteiger partial charge in [0.25, 0.3) is 0 Å². The average Bonchev–Trinajstić information content (AvgIpc) is 2.61. The molecule has 0 unspecified atom stereocenters. The van der Waals surface area contributed by atoms with E-state index in [4.69, 9.17) is 14.4 Å². The van der Waals surface area contributed by atoms with Crippen LogP contribution in [0.5, 0.6) is 11.5 Å². The Balaban J connectivity index is 2.34. The molecule has 0 fully saturated rings. The largest absolute Gasteiger partial charge is 0.478 e. The zero-order valence-electron chi connectivity index (χ0n) is 8.89. The van der Waals surface area contributed by atoms with Gasteiger partial charge in [-0.3, -0.25) is 4.79 Å². The van der Waals surface area contributed by atoms with Crippen molar-refractivity contribution in [2.75, 3.05) is 0 Å². The summed E-state index contributed by atoms with van der Waals surface area (Å²) in [7, 11) is 0. The predicted molar refractivity (Wildman–Crippen MR) is 57.5 cm³/mol. The Morgan fingerprint density at radius 1 is 1.47 bits per heavy atom. The summed E-state index contributed by atoms with van der Waals surface area (Å²) in [6, 6.07) is 5.84. The highest BCUT2D eigenvalue weighted by molar-refractivity contribution is 5.88. The molecule has 0 atom stereocenters. The summed E-state index contributed by atoms with van der Waals surface area (Å²) in [5, 5.41) is 10.9. The number of hydrogen-bond acceptors (Lipinski definition) is 4. The summed E-state index contributed by atoms with van der Waals surface area (Å²) in [5.41, 5.74) is -0.414. The number of aromatic amines is 1. The molecule has 0 bridgehead atoms. The van der Waals surface area contributed by atoms with Gasteiger partial charge in [-0.15, -0.1) is 0 Å². The first-order valence-electron chi connectivity index (χ1n) is 4.77. The molecule has 6 nitrogen and oxygen atoms in total. The summed E-state index contributed by atoms with van der Waals surface area (Å²) in [6.07, 6.45) is 0. The first kappa shape index (κ1) is 11.0. The van der Waals surface area contributed by atoms with Gasteiger partial charge in [-0.1, -0.05) is 6.07 Å². The van der Waals surface area contributed by atoms with Crippen molar-refractivity contribution in [3.8, 4) is 11.5 Å². The lowest BCUT2D eigenvalue weighted by Gasteiger charge is -2.03. The van der Waals surface area contributed by atoms with E-state index < -0.39 is 11.5 Å². The fraction of sp³-hybridized carbons (Fsp3) is 0.0909. The topological polar surface area (TPSA) is 92.5 Å². The van der Waals surface area contributed by atoms with Gasteiger partial charge >= 0.3 is 11.5 Å². The van der Waals surface area contributed by atoms with E-state index in [1.54, 1.807) is 13.0 Å². The molecule has 2 N–H and O–H groups in total. The van der Waals surface area contributed by atoms with Crippen molar-refractivity contribution < 1.29 is 19.2 Å². The number of ether oxygens (including phenoxy) is 1. The minimum Gasteiger partial charge on any atom is -0.478 e. The lowest BCUT2D eigenvalue weighted by molar-refractivity contribution is 0.0696. The van der Waals surface area contributed by atoms with Crippen LogP contribution in [0.25, 0.3) is 0 Å². The van der Waals surface area contributed by atoms with Gasteiger partial charge < -0.3 is 14.4 Å². The van der Waals surface area contributed by atoms with Crippen LogP contribution < -0.4 is 10.3 Å². The molecule has 0 amide bonds. The Morgan fingerprint density at radius 2 is 2.24 bits per heavy atom. The molecule has 0 aliphatic heterocycles. The molecule has 1 heterocycles. The first-order chi connectivity index (χ1) is 8.08. The summed E-state index contributed by atoms with van der Waals surface area (Å²) in [5.74, 6) is -0.476. The van der Waals surface area contributed by atoms with E-state index in [0.717, 1.165) is 0 Å². The highest BCUT2D eigenvalue weighted by Crippen LogP contribution is 2.22. The van der Waals surface area contributed by atoms with Crippen molar-refractivity contribution in [2.45, 2.75) is 6.92 Å². The minimum atomic E-state index is -1.06. The van der Waals surface area contributed by atoms with Gasteiger partial charge in [0.05, 0.1) is 5.56 Å².